The lowest BCUT2D eigenvalue weighted by Crippen LogP contribution is -2.17. The highest BCUT2D eigenvalue weighted by molar-refractivity contribution is 5.79. The fraction of sp³-hybridized carbons (Fsp3) is 0.286. The molecule has 1 N–H and O–H groups in total. The predicted octanol–water partition coefficient (Wildman–Crippen LogP) is 4.23. The van der Waals surface area contributed by atoms with Crippen LogP contribution in [0.1, 0.15) is 32.1 Å². The molecule has 0 spiro atoms. The van der Waals surface area contributed by atoms with E-state index >= 15 is 0 Å². The predicted molar refractivity (Wildman–Crippen MR) is 106 cm³/mol. The topological polar surface area (TPSA) is 78.4 Å². The monoisotopic (exact) mass is 378 g/mol. The first-order valence-corrected chi connectivity index (χ1v) is 9.41. The standard InChI is InChI=1S/C21H22N4O3/c1-3-13-27-21-23-20-18(24-25-21)16-7-5-6-8-17(16)22-19(28-20)14-9-11-15(12-10-14)26-4-2/h5-12,19,22H,3-4,13H2,1-2H3. The molecule has 1 aliphatic rings. The molecular weight excluding hydrogens is 356 g/mol. The van der Waals surface area contributed by atoms with Crippen molar-refractivity contribution in [3.05, 3.63) is 54.1 Å². The van der Waals surface area contributed by atoms with Gasteiger partial charge in [-0.3, -0.25) is 0 Å². The summed E-state index contributed by atoms with van der Waals surface area (Å²) < 4.78 is 17.3. The van der Waals surface area contributed by atoms with Crippen molar-refractivity contribution in [2.75, 3.05) is 18.5 Å². The zero-order chi connectivity index (χ0) is 19.3. The Morgan fingerprint density at radius 1 is 1.00 bits per heavy atom. The summed E-state index contributed by atoms with van der Waals surface area (Å²) in [6.07, 6.45) is 0.425. The Hall–Kier alpha value is -3.35. The Kier molecular flexibility index (Phi) is 5.23. The van der Waals surface area contributed by atoms with Gasteiger partial charge < -0.3 is 19.5 Å². The van der Waals surface area contributed by atoms with Crippen molar-refractivity contribution in [3.8, 4) is 28.9 Å². The van der Waals surface area contributed by atoms with Gasteiger partial charge in [0, 0.05) is 16.8 Å². The van der Waals surface area contributed by atoms with Crippen LogP contribution in [-0.4, -0.2) is 28.4 Å². The van der Waals surface area contributed by atoms with Crippen LogP contribution in [-0.2, 0) is 0 Å². The number of anilines is 1. The van der Waals surface area contributed by atoms with E-state index in [0.717, 1.165) is 29.0 Å². The van der Waals surface area contributed by atoms with Gasteiger partial charge in [0.2, 0.25) is 5.88 Å². The number of hydrogen-bond donors (Lipinski definition) is 1. The lowest BCUT2D eigenvalue weighted by Gasteiger charge is -2.19. The first-order chi connectivity index (χ1) is 13.8. The summed E-state index contributed by atoms with van der Waals surface area (Å²) in [5.74, 6) is 1.21. The number of nitrogens with one attached hydrogen (secondary N) is 1. The van der Waals surface area contributed by atoms with E-state index in [0.29, 0.717) is 24.8 Å². The van der Waals surface area contributed by atoms with Crippen molar-refractivity contribution >= 4 is 5.69 Å². The number of rotatable bonds is 6. The molecule has 7 nitrogen and oxygen atoms in total. The average molecular weight is 378 g/mol. The summed E-state index contributed by atoms with van der Waals surface area (Å²) in [4.78, 5) is 4.45. The third-order valence-corrected chi connectivity index (χ3v) is 4.26. The maximum atomic E-state index is 6.20. The fourth-order valence-corrected chi connectivity index (χ4v) is 2.96. The Bertz CT molecular complexity index is 947. The number of para-hydroxylation sites is 1. The third-order valence-electron chi connectivity index (χ3n) is 4.26. The van der Waals surface area contributed by atoms with Crippen molar-refractivity contribution in [2.45, 2.75) is 26.5 Å². The lowest BCUT2D eigenvalue weighted by atomic mass is 10.1. The molecule has 3 aromatic rings. The number of fused-ring (bicyclic) bond motifs is 3. The Labute approximate surface area is 163 Å². The molecule has 28 heavy (non-hydrogen) atoms. The molecule has 144 valence electrons. The van der Waals surface area contributed by atoms with E-state index in [1.54, 1.807) is 0 Å². The second-order valence-electron chi connectivity index (χ2n) is 6.29. The largest absolute Gasteiger partial charge is 0.494 e. The fourth-order valence-electron chi connectivity index (χ4n) is 2.96. The molecule has 1 aliphatic heterocycles. The van der Waals surface area contributed by atoms with Crippen LogP contribution in [0.15, 0.2) is 48.5 Å². The molecule has 0 radical (unpaired) electrons. The molecule has 0 amide bonds. The van der Waals surface area contributed by atoms with Crippen molar-refractivity contribution in [2.24, 2.45) is 0 Å². The van der Waals surface area contributed by atoms with E-state index in [1.165, 1.54) is 0 Å². The van der Waals surface area contributed by atoms with Gasteiger partial charge in [-0.1, -0.05) is 30.2 Å². The molecular formula is C21H22N4O3. The van der Waals surface area contributed by atoms with E-state index < -0.39 is 6.23 Å². The highest BCUT2D eigenvalue weighted by Gasteiger charge is 2.26. The number of nitrogens with zero attached hydrogens (tertiary/aromatic N) is 3. The van der Waals surface area contributed by atoms with Crippen LogP contribution in [0, 0.1) is 0 Å². The van der Waals surface area contributed by atoms with Crippen LogP contribution in [0.4, 0.5) is 5.69 Å². The lowest BCUT2D eigenvalue weighted by molar-refractivity contribution is 0.218. The van der Waals surface area contributed by atoms with Crippen molar-refractivity contribution in [1.29, 1.82) is 0 Å². The van der Waals surface area contributed by atoms with Gasteiger partial charge in [0.15, 0.2) is 11.9 Å². The van der Waals surface area contributed by atoms with Crippen LogP contribution in [0.25, 0.3) is 11.3 Å². The minimum Gasteiger partial charge on any atom is -0.494 e. The highest BCUT2D eigenvalue weighted by atomic mass is 16.5. The Morgan fingerprint density at radius 3 is 2.61 bits per heavy atom. The summed E-state index contributed by atoms with van der Waals surface area (Å²) >= 11 is 0. The van der Waals surface area contributed by atoms with Crippen LogP contribution < -0.4 is 19.5 Å². The van der Waals surface area contributed by atoms with Gasteiger partial charge in [-0.2, -0.15) is 4.98 Å². The SMILES string of the molecule is CCCOc1nnc2c(n1)OC(c1ccc(OCC)cc1)Nc1ccccc1-2. The second-order valence-corrected chi connectivity index (χ2v) is 6.29. The van der Waals surface area contributed by atoms with Gasteiger partial charge in [-0.05, 0) is 43.7 Å². The number of hydrogen-bond acceptors (Lipinski definition) is 7. The third kappa shape index (κ3) is 3.69. The molecule has 1 atom stereocenters. The number of ether oxygens (including phenoxy) is 3. The Balaban J connectivity index is 1.72. The zero-order valence-corrected chi connectivity index (χ0v) is 15.9. The van der Waals surface area contributed by atoms with Gasteiger partial charge in [0.25, 0.3) is 0 Å². The number of aromatic nitrogens is 3. The molecule has 4 rings (SSSR count). The smallest absolute Gasteiger partial charge is 0.339 e. The quantitative estimate of drug-likeness (QED) is 0.688. The minimum absolute atomic E-state index is 0.213. The first-order valence-electron chi connectivity index (χ1n) is 9.41. The molecule has 1 unspecified atom stereocenters. The molecule has 0 saturated heterocycles. The maximum Gasteiger partial charge on any atom is 0.339 e. The molecule has 1 aromatic heterocycles. The summed E-state index contributed by atoms with van der Waals surface area (Å²) in [7, 11) is 0. The van der Waals surface area contributed by atoms with E-state index in [9.17, 15) is 0 Å². The van der Waals surface area contributed by atoms with Gasteiger partial charge in [0.05, 0.1) is 13.2 Å². The van der Waals surface area contributed by atoms with Crippen molar-refractivity contribution in [1.82, 2.24) is 15.2 Å². The van der Waals surface area contributed by atoms with Crippen molar-refractivity contribution in [3.63, 3.8) is 0 Å². The normalized spacial score (nSPS) is 14.7. The van der Waals surface area contributed by atoms with E-state index in [2.05, 4.69) is 20.5 Å². The van der Waals surface area contributed by atoms with E-state index in [4.69, 9.17) is 14.2 Å². The van der Waals surface area contributed by atoms with Gasteiger partial charge in [-0.15, -0.1) is 5.10 Å². The van der Waals surface area contributed by atoms with Gasteiger partial charge in [0.1, 0.15) is 5.75 Å². The van der Waals surface area contributed by atoms with Crippen LogP contribution >= 0.6 is 0 Å². The van der Waals surface area contributed by atoms with Crippen LogP contribution in [0.2, 0.25) is 0 Å². The summed E-state index contributed by atoms with van der Waals surface area (Å²) in [5, 5.41) is 11.8. The highest BCUT2D eigenvalue weighted by Crippen LogP contribution is 2.39. The van der Waals surface area contributed by atoms with Crippen LogP contribution in [0.3, 0.4) is 0 Å². The summed E-state index contributed by atoms with van der Waals surface area (Å²) in [6.45, 7) is 5.14. The summed E-state index contributed by atoms with van der Waals surface area (Å²) in [5.41, 5.74) is 3.31. The maximum absolute atomic E-state index is 6.20. The minimum atomic E-state index is -0.436. The molecule has 2 heterocycles. The molecule has 7 heteroatoms. The van der Waals surface area contributed by atoms with Crippen molar-refractivity contribution < 1.29 is 14.2 Å². The van der Waals surface area contributed by atoms with E-state index in [-0.39, 0.29) is 6.01 Å². The molecule has 0 saturated carbocycles. The van der Waals surface area contributed by atoms with Crippen LogP contribution in [0.5, 0.6) is 17.6 Å². The van der Waals surface area contributed by atoms with Gasteiger partial charge in [-0.25, -0.2) is 0 Å². The first kappa shape index (κ1) is 18.0. The summed E-state index contributed by atoms with van der Waals surface area (Å²) in [6, 6.07) is 15.9. The van der Waals surface area contributed by atoms with E-state index in [1.807, 2.05) is 62.4 Å². The molecule has 0 fully saturated rings. The van der Waals surface area contributed by atoms with Gasteiger partial charge >= 0.3 is 6.01 Å². The Morgan fingerprint density at radius 2 is 1.82 bits per heavy atom. The molecule has 0 aliphatic carbocycles. The molecule has 2 aromatic carbocycles. The second kappa shape index (κ2) is 8.12. The average Bonchev–Trinajstić information content (AvgIpc) is 2.89. The zero-order valence-electron chi connectivity index (χ0n) is 15.9. The number of benzene rings is 2. The molecule has 0 bridgehead atoms.